The third-order valence-electron chi connectivity index (χ3n) is 1.58. The summed E-state index contributed by atoms with van der Waals surface area (Å²) in [5.41, 5.74) is 1.41. The number of rotatable bonds is 5. The maximum Gasteiger partial charge on any atom is 0.0607 e. The van der Waals surface area contributed by atoms with Gasteiger partial charge in [0, 0.05) is 11.5 Å². The van der Waals surface area contributed by atoms with E-state index < -0.39 is 0 Å². The Labute approximate surface area is 78.6 Å². The Morgan fingerprint density at radius 1 is 1.25 bits per heavy atom. The van der Waals surface area contributed by atoms with Crippen LogP contribution in [0.1, 0.15) is 5.56 Å². The summed E-state index contributed by atoms with van der Waals surface area (Å²) in [4.78, 5) is 0. The van der Waals surface area contributed by atoms with Gasteiger partial charge in [-0.05, 0) is 5.56 Å². The lowest BCUT2D eigenvalue weighted by atomic mass is 10.2. The topological polar surface area (TPSA) is 16.6 Å². The Balaban J connectivity index is 2.16. The zero-order valence-corrected chi connectivity index (χ0v) is 8.02. The Bertz CT molecular complexity index is 198. The van der Waals surface area contributed by atoms with E-state index in [0.717, 1.165) is 12.3 Å². The number of benzene rings is 1. The van der Waals surface area contributed by atoms with Crippen molar-refractivity contribution in [3.63, 3.8) is 0 Å². The second-order valence-corrected chi connectivity index (χ2v) is 3.72. The molecule has 0 radical (unpaired) electrons. The van der Waals surface area contributed by atoms with Crippen molar-refractivity contribution in [2.45, 2.75) is 5.75 Å². The van der Waals surface area contributed by atoms with E-state index in [9.17, 15) is 0 Å². The molecule has 0 aromatic heterocycles. The lowest BCUT2D eigenvalue weighted by molar-refractivity contribution is -0.590. The summed E-state index contributed by atoms with van der Waals surface area (Å²) in [5.74, 6) is 2.30. The average Bonchev–Trinajstić information content (AvgIpc) is 2.14. The van der Waals surface area contributed by atoms with Gasteiger partial charge in [0.05, 0.1) is 6.54 Å². The molecule has 0 fully saturated rings. The first-order valence-electron chi connectivity index (χ1n) is 4.16. The maximum atomic E-state index is 3.69. The second-order valence-electron chi connectivity index (χ2n) is 2.62. The molecule has 1 aromatic carbocycles. The summed E-state index contributed by atoms with van der Waals surface area (Å²) >= 11 is 1.96. The first-order valence-corrected chi connectivity index (χ1v) is 5.31. The molecular weight excluding hydrogens is 166 g/mol. The molecular formula is C10H15NS. The van der Waals surface area contributed by atoms with E-state index in [1.165, 1.54) is 11.3 Å². The molecule has 2 N–H and O–H groups in total. The minimum Gasteiger partial charge on any atom is -0.478 e. The predicted molar refractivity (Wildman–Crippen MR) is 54.8 cm³/mol. The monoisotopic (exact) mass is 181 g/mol. The number of hydrogen-bond donors (Lipinski definition) is 1. The molecule has 0 spiro atoms. The van der Waals surface area contributed by atoms with Crippen LogP contribution in [-0.4, -0.2) is 12.3 Å². The zero-order valence-electron chi connectivity index (χ0n) is 7.20. The van der Waals surface area contributed by atoms with Crippen molar-refractivity contribution in [2.75, 3.05) is 12.3 Å². The summed E-state index contributed by atoms with van der Waals surface area (Å²) in [6.45, 7) is 1.11. The lowest BCUT2D eigenvalue weighted by Crippen LogP contribution is -2.77. The molecule has 0 unspecified atom stereocenters. The lowest BCUT2D eigenvalue weighted by Gasteiger charge is -2.01. The van der Waals surface area contributed by atoms with Gasteiger partial charge < -0.3 is 5.32 Å². The van der Waals surface area contributed by atoms with Crippen molar-refractivity contribution in [1.82, 2.24) is 0 Å². The van der Waals surface area contributed by atoms with Crippen LogP contribution in [0.2, 0.25) is 0 Å². The second kappa shape index (κ2) is 6.09. The summed E-state index contributed by atoms with van der Waals surface area (Å²) in [5, 5.41) is 1.97. The first-order chi connectivity index (χ1) is 5.93. The summed E-state index contributed by atoms with van der Waals surface area (Å²) in [6.07, 6.45) is 0. The van der Waals surface area contributed by atoms with Gasteiger partial charge in [-0.25, -0.2) is 0 Å². The van der Waals surface area contributed by atoms with Crippen LogP contribution in [0.25, 0.3) is 0 Å². The van der Waals surface area contributed by atoms with Gasteiger partial charge in [-0.2, -0.15) is 18.8 Å². The van der Waals surface area contributed by atoms with E-state index in [-0.39, 0.29) is 0 Å². The van der Waals surface area contributed by atoms with Gasteiger partial charge in [0.15, 0.2) is 0 Å². The average molecular weight is 181 g/mol. The Morgan fingerprint density at radius 3 is 2.67 bits per heavy atom. The van der Waals surface area contributed by atoms with Crippen molar-refractivity contribution >= 4 is 11.8 Å². The summed E-state index contributed by atoms with van der Waals surface area (Å²) < 4.78 is 0. The standard InChI is InChI=1S/C10H15NS/c1-11-7-8-12-9-10-5-3-2-4-6-10/h2-6H,1,7-9,11H2. The molecule has 1 rings (SSSR count). The van der Waals surface area contributed by atoms with Crippen LogP contribution in [0, 0.1) is 7.05 Å². The van der Waals surface area contributed by atoms with E-state index >= 15 is 0 Å². The van der Waals surface area contributed by atoms with Gasteiger partial charge in [-0.1, -0.05) is 30.3 Å². The van der Waals surface area contributed by atoms with Crippen molar-refractivity contribution in [1.29, 1.82) is 0 Å². The highest BCUT2D eigenvalue weighted by Crippen LogP contribution is 2.09. The van der Waals surface area contributed by atoms with Crippen LogP contribution in [0.5, 0.6) is 0 Å². The normalized spacial score (nSPS) is 10.1. The highest BCUT2D eigenvalue weighted by Gasteiger charge is 1.90. The Kier molecular flexibility index (Phi) is 4.88. The van der Waals surface area contributed by atoms with E-state index in [0.29, 0.717) is 0 Å². The minimum atomic E-state index is 1.11. The fraction of sp³-hybridized carbons (Fsp3) is 0.300. The maximum absolute atomic E-state index is 3.69. The van der Waals surface area contributed by atoms with Crippen molar-refractivity contribution in [3.05, 3.63) is 42.9 Å². The van der Waals surface area contributed by atoms with Crippen LogP contribution in [0.4, 0.5) is 0 Å². The van der Waals surface area contributed by atoms with E-state index in [1.54, 1.807) is 0 Å². The van der Waals surface area contributed by atoms with E-state index in [1.807, 2.05) is 17.1 Å². The molecule has 0 atom stereocenters. The van der Waals surface area contributed by atoms with Gasteiger partial charge >= 0.3 is 0 Å². The molecule has 1 aromatic rings. The number of quaternary nitrogens is 1. The van der Waals surface area contributed by atoms with Crippen LogP contribution >= 0.6 is 11.8 Å². The van der Waals surface area contributed by atoms with Gasteiger partial charge in [-0.3, -0.25) is 0 Å². The molecule has 1 nitrogen and oxygen atoms in total. The molecule has 0 saturated carbocycles. The molecule has 0 saturated heterocycles. The summed E-state index contributed by atoms with van der Waals surface area (Å²) in [6, 6.07) is 10.6. The highest BCUT2D eigenvalue weighted by molar-refractivity contribution is 7.98. The van der Waals surface area contributed by atoms with Crippen LogP contribution < -0.4 is 5.32 Å². The quantitative estimate of drug-likeness (QED) is 0.534. The zero-order chi connectivity index (χ0) is 8.65. The molecule has 0 aliphatic heterocycles. The predicted octanol–water partition coefficient (Wildman–Crippen LogP) is 1.27. The number of nitrogens with two attached hydrogens (primary N) is 1. The van der Waals surface area contributed by atoms with Gasteiger partial charge in [-0.15, -0.1) is 0 Å². The van der Waals surface area contributed by atoms with E-state index in [4.69, 9.17) is 0 Å². The van der Waals surface area contributed by atoms with Gasteiger partial charge in [0.1, 0.15) is 0 Å². The van der Waals surface area contributed by atoms with Gasteiger partial charge in [0.25, 0.3) is 0 Å². The summed E-state index contributed by atoms with van der Waals surface area (Å²) in [7, 11) is 3.69. The molecule has 0 aliphatic rings. The smallest absolute Gasteiger partial charge is 0.0607 e. The fourth-order valence-corrected chi connectivity index (χ4v) is 1.84. The van der Waals surface area contributed by atoms with Gasteiger partial charge in [0.2, 0.25) is 0 Å². The van der Waals surface area contributed by atoms with Crippen molar-refractivity contribution < 1.29 is 5.32 Å². The molecule has 0 amide bonds. The number of hydrogen-bond acceptors (Lipinski definition) is 1. The molecule has 0 bridgehead atoms. The minimum absolute atomic E-state index is 1.11. The van der Waals surface area contributed by atoms with Crippen LogP contribution in [0.3, 0.4) is 0 Å². The van der Waals surface area contributed by atoms with Crippen LogP contribution in [-0.2, 0) is 5.75 Å². The Hall–Kier alpha value is -0.470. The molecule has 12 heavy (non-hydrogen) atoms. The molecule has 0 heterocycles. The third-order valence-corrected chi connectivity index (χ3v) is 2.64. The number of thioether (sulfide) groups is 1. The van der Waals surface area contributed by atoms with E-state index in [2.05, 4.69) is 37.4 Å². The largest absolute Gasteiger partial charge is 0.478 e. The Morgan fingerprint density at radius 2 is 2.00 bits per heavy atom. The third kappa shape index (κ3) is 3.79. The fourth-order valence-electron chi connectivity index (χ4n) is 0.931. The SMILES string of the molecule is [CH2-][NH2+]CCSCc1ccccc1. The molecule has 2 heteroatoms. The first kappa shape index (κ1) is 9.62. The van der Waals surface area contributed by atoms with Crippen molar-refractivity contribution in [2.24, 2.45) is 0 Å². The molecule has 0 aliphatic carbocycles. The van der Waals surface area contributed by atoms with Crippen LogP contribution in [0.15, 0.2) is 30.3 Å². The highest BCUT2D eigenvalue weighted by atomic mass is 32.2. The molecule has 66 valence electrons. The van der Waals surface area contributed by atoms with Crippen molar-refractivity contribution in [3.8, 4) is 0 Å².